The second-order valence-corrected chi connectivity index (χ2v) is 12.1. The number of hydrogen-bond acceptors (Lipinski definition) is 5. The number of Topliss-reactive ketones (excluding diaryl/α,β-unsaturated/α-hetero) is 1. The lowest BCUT2D eigenvalue weighted by Gasteiger charge is -2.27. The fourth-order valence-electron chi connectivity index (χ4n) is 5.59. The van der Waals surface area contributed by atoms with Crippen molar-refractivity contribution in [2.45, 2.75) is 72.8 Å². The zero-order valence-electron chi connectivity index (χ0n) is 26.2. The molecule has 0 radical (unpaired) electrons. The molecular weight excluding hydrogens is 524 g/mol. The average Bonchev–Trinajstić information content (AvgIpc) is 3.23. The first-order valence-corrected chi connectivity index (χ1v) is 15.0. The fraction of sp³-hybridized carbons (Fsp3) is 0.389. The number of ketones is 1. The first kappa shape index (κ1) is 30.9. The third-order valence-electron chi connectivity index (χ3n) is 7.98. The van der Waals surface area contributed by atoms with Crippen LogP contribution in [-0.2, 0) is 15.0 Å². The summed E-state index contributed by atoms with van der Waals surface area (Å²) in [4.78, 5) is 31.2. The number of benzene rings is 3. The molecule has 1 atom stereocenters. The van der Waals surface area contributed by atoms with Crippen LogP contribution in [0.3, 0.4) is 0 Å². The molecule has 1 fully saturated rings. The molecule has 1 heterocycles. The Morgan fingerprint density at radius 1 is 0.929 bits per heavy atom. The Hall–Kier alpha value is -4.06. The van der Waals surface area contributed by atoms with Crippen LogP contribution in [0.2, 0.25) is 0 Å². The van der Waals surface area contributed by atoms with Crippen molar-refractivity contribution < 1.29 is 19.4 Å². The highest BCUT2D eigenvalue weighted by Crippen LogP contribution is 2.43. The summed E-state index contributed by atoms with van der Waals surface area (Å²) >= 11 is 0. The van der Waals surface area contributed by atoms with E-state index in [1.165, 1.54) is 4.90 Å². The third-order valence-corrected chi connectivity index (χ3v) is 7.98. The summed E-state index contributed by atoms with van der Waals surface area (Å²) in [6.07, 6.45) is 0. The lowest BCUT2D eigenvalue weighted by atomic mass is 9.84. The van der Waals surface area contributed by atoms with Crippen molar-refractivity contribution in [3.8, 4) is 5.75 Å². The molecular formula is C36H44N2O4. The first-order chi connectivity index (χ1) is 19.9. The number of carbonyl (C=O) groups excluding carboxylic acids is 2. The molecule has 222 valence electrons. The molecule has 42 heavy (non-hydrogen) atoms. The predicted octanol–water partition coefficient (Wildman–Crippen LogP) is 7.98. The Morgan fingerprint density at radius 3 is 2.07 bits per heavy atom. The van der Waals surface area contributed by atoms with Crippen molar-refractivity contribution in [1.29, 1.82) is 0 Å². The van der Waals surface area contributed by atoms with Crippen molar-refractivity contribution in [3.63, 3.8) is 0 Å². The van der Waals surface area contributed by atoms with Gasteiger partial charge in [0, 0.05) is 35.6 Å². The quantitative estimate of drug-likeness (QED) is 0.161. The maximum absolute atomic E-state index is 13.7. The van der Waals surface area contributed by atoms with Gasteiger partial charge in [0.05, 0.1) is 18.2 Å². The maximum atomic E-state index is 13.7. The molecule has 6 heteroatoms. The summed E-state index contributed by atoms with van der Waals surface area (Å²) in [5.41, 5.74) is 4.75. The van der Waals surface area contributed by atoms with Gasteiger partial charge in [-0.3, -0.25) is 14.5 Å². The van der Waals surface area contributed by atoms with E-state index in [1.54, 1.807) is 6.07 Å². The van der Waals surface area contributed by atoms with Gasteiger partial charge in [-0.15, -0.1) is 0 Å². The standard InChI is InChI=1S/C36H44N2O4/c1-9-37(10-2)27-17-14-25(15-18-27)32-31(33(39)26-16-21-30(42-11-3)29(22-26)36(6,7)8)34(40)35(41)38(32)28-19-12-24(13-20-28)23(4)5/h12-23,32,39H,9-11H2,1-8H3/b33-31-. The number of ether oxygens (including phenoxy) is 1. The van der Waals surface area contributed by atoms with Crippen molar-refractivity contribution in [2.75, 3.05) is 29.5 Å². The number of nitrogens with zero attached hydrogens (tertiary/aromatic N) is 2. The van der Waals surface area contributed by atoms with Crippen LogP contribution in [0.25, 0.3) is 5.76 Å². The molecule has 0 saturated carbocycles. The minimum Gasteiger partial charge on any atom is -0.507 e. The summed E-state index contributed by atoms with van der Waals surface area (Å²) in [6.45, 7) is 18.8. The molecule has 0 aliphatic carbocycles. The average molecular weight is 569 g/mol. The van der Waals surface area contributed by atoms with Gasteiger partial charge in [0.25, 0.3) is 11.7 Å². The highest BCUT2D eigenvalue weighted by atomic mass is 16.5. The van der Waals surface area contributed by atoms with E-state index in [-0.39, 0.29) is 16.7 Å². The van der Waals surface area contributed by atoms with Gasteiger partial charge < -0.3 is 14.7 Å². The Bertz CT molecular complexity index is 1460. The second kappa shape index (κ2) is 12.4. The molecule has 1 amide bonds. The van der Waals surface area contributed by atoms with Gasteiger partial charge in [0.15, 0.2) is 0 Å². The lowest BCUT2D eigenvalue weighted by Crippen LogP contribution is -2.29. The summed E-state index contributed by atoms with van der Waals surface area (Å²) in [7, 11) is 0. The van der Waals surface area contributed by atoms with E-state index in [0.29, 0.717) is 23.8 Å². The zero-order chi connectivity index (χ0) is 30.8. The Kier molecular flexibility index (Phi) is 9.15. The van der Waals surface area contributed by atoms with Crippen LogP contribution in [0.4, 0.5) is 11.4 Å². The van der Waals surface area contributed by atoms with Gasteiger partial charge in [-0.2, -0.15) is 0 Å². The summed E-state index contributed by atoms with van der Waals surface area (Å²) < 4.78 is 5.87. The van der Waals surface area contributed by atoms with Crippen LogP contribution < -0.4 is 14.5 Å². The third kappa shape index (κ3) is 5.94. The van der Waals surface area contributed by atoms with E-state index in [2.05, 4.69) is 53.4 Å². The number of carbonyl (C=O) groups is 2. The lowest BCUT2D eigenvalue weighted by molar-refractivity contribution is -0.132. The molecule has 4 rings (SSSR count). The van der Waals surface area contributed by atoms with E-state index in [4.69, 9.17) is 4.74 Å². The number of hydrogen-bond donors (Lipinski definition) is 1. The minimum absolute atomic E-state index is 0.0764. The van der Waals surface area contributed by atoms with Crippen LogP contribution in [0.1, 0.15) is 89.6 Å². The van der Waals surface area contributed by atoms with Crippen molar-refractivity contribution in [1.82, 2.24) is 0 Å². The minimum atomic E-state index is -0.787. The van der Waals surface area contributed by atoms with E-state index in [9.17, 15) is 14.7 Å². The maximum Gasteiger partial charge on any atom is 0.300 e. The first-order valence-electron chi connectivity index (χ1n) is 15.0. The molecule has 1 aliphatic rings. The molecule has 1 aliphatic heterocycles. The monoisotopic (exact) mass is 568 g/mol. The molecule has 0 spiro atoms. The summed E-state index contributed by atoms with van der Waals surface area (Å²) in [5, 5.41) is 11.8. The van der Waals surface area contributed by atoms with E-state index < -0.39 is 17.7 Å². The SMILES string of the molecule is CCOc1ccc(/C(O)=C2/C(=O)C(=O)N(c3ccc(C(C)C)cc3)C2c2ccc(N(CC)CC)cc2)cc1C(C)(C)C. The van der Waals surface area contributed by atoms with E-state index in [1.807, 2.05) is 67.6 Å². The van der Waals surface area contributed by atoms with Crippen molar-refractivity contribution >= 4 is 28.8 Å². The van der Waals surface area contributed by atoms with E-state index >= 15 is 0 Å². The Morgan fingerprint density at radius 2 is 1.55 bits per heavy atom. The highest BCUT2D eigenvalue weighted by Gasteiger charge is 2.47. The topological polar surface area (TPSA) is 70.1 Å². The smallest absolute Gasteiger partial charge is 0.300 e. The second-order valence-electron chi connectivity index (χ2n) is 12.1. The van der Waals surface area contributed by atoms with Crippen molar-refractivity contribution in [2.24, 2.45) is 0 Å². The van der Waals surface area contributed by atoms with Crippen LogP contribution in [0.15, 0.2) is 72.3 Å². The number of anilines is 2. The Labute approximate surface area is 250 Å². The van der Waals surface area contributed by atoms with Gasteiger partial charge >= 0.3 is 0 Å². The number of aliphatic hydroxyl groups is 1. The van der Waals surface area contributed by atoms with Crippen molar-refractivity contribution in [3.05, 3.63) is 94.6 Å². The number of rotatable bonds is 9. The largest absolute Gasteiger partial charge is 0.507 e. The van der Waals surface area contributed by atoms with Crippen LogP contribution in [0.5, 0.6) is 5.75 Å². The molecule has 1 N–H and O–H groups in total. The molecule has 0 aromatic heterocycles. The van der Waals surface area contributed by atoms with Crippen LogP contribution in [0, 0.1) is 0 Å². The number of aliphatic hydroxyl groups excluding tert-OH is 1. The van der Waals surface area contributed by atoms with Gasteiger partial charge in [-0.1, -0.05) is 58.9 Å². The molecule has 3 aromatic rings. The molecule has 6 nitrogen and oxygen atoms in total. The summed E-state index contributed by atoms with van der Waals surface area (Å²) in [6, 6.07) is 20.3. The molecule has 1 unspecified atom stereocenters. The summed E-state index contributed by atoms with van der Waals surface area (Å²) in [5.74, 6) is -0.496. The van der Waals surface area contributed by atoms with Crippen LogP contribution >= 0.6 is 0 Å². The van der Waals surface area contributed by atoms with Gasteiger partial charge in [-0.05, 0) is 85.7 Å². The number of amides is 1. The normalized spacial score (nSPS) is 16.8. The Balaban J connectivity index is 1.92. The van der Waals surface area contributed by atoms with Gasteiger partial charge in [0.2, 0.25) is 0 Å². The highest BCUT2D eigenvalue weighted by molar-refractivity contribution is 6.51. The van der Waals surface area contributed by atoms with Crippen LogP contribution in [-0.4, -0.2) is 36.5 Å². The molecule has 0 bridgehead atoms. The van der Waals surface area contributed by atoms with Gasteiger partial charge in [-0.25, -0.2) is 0 Å². The molecule has 3 aromatic carbocycles. The van der Waals surface area contributed by atoms with E-state index in [0.717, 1.165) is 41.2 Å². The van der Waals surface area contributed by atoms with Gasteiger partial charge in [0.1, 0.15) is 11.5 Å². The molecule has 1 saturated heterocycles. The predicted molar refractivity (Wildman–Crippen MR) is 172 cm³/mol. The fourth-order valence-corrected chi connectivity index (χ4v) is 5.59. The zero-order valence-corrected chi connectivity index (χ0v) is 26.2.